The van der Waals surface area contributed by atoms with Crippen LogP contribution in [0.5, 0.6) is 0 Å². The van der Waals surface area contributed by atoms with Crippen molar-refractivity contribution in [3.8, 4) is 0 Å². The Morgan fingerprint density at radius 3 is 2.86 bits per heavy atom. The molecule has 2 aliphatic carbocycles. The van der Waals surface area contributed by atoms with Crippen molar-refractivity contribution in [3.05, 3.63) is 11.8 Å². The summed E-state index contributed by atoms with van der Waals surface area (Å²) in [5, 5.41) is 12.0. The predicted molar refractivity (Wildman–Crippen MR) is 96.2 cm³/mol. The van der Waals surface area contributed by atoms with E-state index in [0.717, 1.165) is 18.5 Å². The van der Waals surface area contributed by atoms with Crippen molar-refractivity contribution in [2.24, 2.45) is 11.8 Å². The van der Waals surface area contributed by atoms with Gasteiger partial charge in [-0.2, -0.15) is 5.10 Å². The fourth-order valence-corrected chi connectivity index (χ4v) is 3.56. The average molecular weight is 400 g/mol. The molecule has 8 nitrogen and oxygen atoms in total. The Labute approximate surface area is 161 Å². The summed E-state index contributed by atoms with van der Waals surface area (Å²) in [4.78, 5) is 23.8. The van der Waals surface area contributed by atoms with Gasteiger partial charge in [0.25, 0.3) is 6.43 Å². The number of aromatic nitrogens is 2. The van der Waals surface area contributed by atoms with Gasteiger partial charge in [-0.25, -0.2) is 13.6 Å². The Bertz CT molecular complexity index is 699. The number of alkyl carbamates (subject to hydrolysis) is 1. The lowest BCUT2D eigenvalue weighted by Gasteiger charge is -2.16. The molecule has 1 heterocycles. The Balaban J connectivity index is 1.44. The summed E-state index contributed by atoms with van der Waals surface area (Å²) in [6, 6.07) is 0.538. The van der Waals surface area contributed by atoms with Crippen molar-refractivity contribution < 1.29 is 27.8 Å². The topological polar surface area (TPSA) is 105 Å². The lowest BCUT2D eigenvalue weighted by atomic mass is 10.0. The molecule has 0 bridgehead atoms. The van der Waals surface area contributed by atoms with Crippen LogP contribution in [0, 0.1) is 11.8 Å². The zero-order chi connectivity index (χ0) is 20.3. The number of amides is 2. The van der Waals surface area contributed by atoms with Crippen molar-refractivity contribution in [1.82, 2.24) is 15.5 Å². The molecule has 3 N–H and O–H groups in total. The van der Waals surface area contributed by atoms with Gasteiger partial charge in [0.15, 0.2) is 5.82 Å². The quantitative estimate of drug-likeness (QED) is 0.622. The zero-order valence-electron chi connectivity index (χ0n) is 15.9. The number of aromatic amines is 1. The van der Waals surface area contributed by atoms with Crippen LogP contribution in [0.2, 0.25) is 0 Å². The van der Waals surface area contributed by atoms with E-state index in [4.69, 9.17) is 9.47 Å². The highest BCUT2D eigenvalue weighted by atomic mass is 19.3. The molecule has 0 radical (unpaired) electrons. The van der Waals surface area contributed by atoms with Crippen molar-refractivity contribution in [3.63, 3.8) is 0 Å². The highest BCUT2D eigenvalue weighted by Crippen LogP contribution is 2.40. The van der Waals surface area contributed by atoms with Gasteiger partial charge in [0.2, 0.25) is 5.91 Å². The minimum atomic E-state index is -2.64. The number of ether oxygens (including phenoxy) is 2. The maximum atomic E-state index is 12.5. The van der Waals surface area contributed by atoms with E-state index < -0.39 is 18.6 Å². The maximum absolute atomic E-state index is 12.5. The van der Waals surface area contributed by atoms with Gasteiger partial charge < -0.3 is 20.1 Å². The van der Waals surface area contributed by atoms with Crippen LogP contribution >= 0.6 is 0 Å². The molecule has 3 rings (SSSR count). The second-order valence-electron chi connectivity index (χ2n) is 7.56. The molecule has 2 saturated carbocycles. The number of hydrogen-bond acceptors (Lipinski definition) is 5. The van der Waals surface area contributed by atoms with E-state index >= 15 is 0 Å². The van der Waals surface area contributed by atoms with Gasteiger partial charge in [-0.15, -0.1) is 0 Å². The van der Waals surface area contributed by atoms with E-state index in [1.54, 1.807) is 13.2 Å². The number of carbonyl (C=O) groups is 2. The number of anilines is 1. The first-order valence-corrected chi connectivity index (χ1v) is 9.47. The molecule has 10 heteroatoms. The van der Waals surface area contributed by atoms with Gasteiger partial charge in [-0.3, -0.25) is 9.89 Å². The van der Waals surface area contributed by atoms with Gasteiger partial charge in [-0.1, -0.05) is 0 Å². The average Bonchev–Trinajstić information content (AvgIpc) is 3.02. The van der Waals surface area contributed by atoms with Crippen molar-refractivity contribution in [2.75, 3.05) is 19.0 Å². The molecule has 1 aromatic rings. The number of halogens is 2. The summed E-state index contributed by atoms with van der Waals surface area (Å²) in [7, 11) is 1.62. The number of methoxy groups -OCH3 is 1. The number of hydrogen-bond donors (Lipinski definition) is 3. The maximum Gasteiger partial charge on any atom is 0.407 e. The molecule has 156 valence electrons. The lowest BCUT2D eigenvalue weighted by molar-refractivity contribution is -0.117. The number of carbonyl (C=O) groups excluding carboxylic acids is 2. The first-order valence-electron chi connectivity index (χ1n) is 9.47. The van der Waals surface area contributed by atoms with E-state index in [2.05, 4.69) is 20.8 Å². The summed E-state index contributed by atoms with van der Waals surface area (Å²) in [5.41, 5.74) is 0.854. The van der Waals surface area contributed by atoms with E-state index in [1.165, 1.54) is 6.92 Å². The van der Waals surface area contributed by atoms with Crippen LogP contribution in [0.15, 0.2) is 6.07 Å². The lowest BCUT2D eigenvalue weighted by Crippen LogP contribution is -2.39. The van der Waals surface area contributed by atoms with Gasteiger partial charge in [0.05, 0.1) is 6.04 Å². The van der Waals surface area contributed by atoms with Crippen LogP contribution in [0.1, 0.15) is 44.2 Å². The van der Waals surface area contributed by atoms with Crippen molar-refractivity contribution in [1.29, 1.82) is 0 Å². The van der Waals surface area contributed by atoms with Crippen molar-refractivity contribution >= 4 is 17.8 Å². The second kappa shape index (κ2) is 8.85. The minimum Gasteiger partial charge on any atom is -0.446 e. The molecule has 0 aromatic carbocycles. The van der Waals surface area contributed by atoms with E-state index in [-0.39, 0.29) is 29.8 Å². The fourth-order valence-electron chi connectivity index (χ4n) is 3.56. The summed E-state index contributed by atoms with van der Waals surface area (Å²) in [6.07, 6.45) is -0.986. The number of alkyl halides is 2. The minimum absolute atomic E-state index is 0.0292. The summed E-state index contributed by atoms with van der Waals surface area (Å²) in [6.45, 7) is 1.81. The predicted octanol–water partition coefficient (Wildman–Crippen LogP) is 2.65. The Morgan fingerprint density at radius 1 is 1.36 bits per heavy atom. The second-order valence-corrected chi connectivity index (χ2v) is 7.56. The molecule has 2 fully saturated rings. The van der Waals surface area contributed by atoms with Gasteiger partial charge >= 0.3 is 6.09 Å². The molecule has 1 unspecified atom stereocenters. The molecule has 0 saturated heterocycles. The summed E-state index contributed by atoms with van der Waals surface area (Å²) < 4.78 is 35.2. The van der Waals surface area contributed by atoms with E-state index in [0.29, 0.717) is 25.3 Å². The highest BCUT2D eigenvalue weighted by molar-refractivity contribution is 5.93. The van der Waals surface area contributed by atoms with Crippen molar-refractivity contribution in [2.45, 2.75) is 57.1 Å². The molecule has 28 heavy (non-hydrogen) atoms. The first-order chi connectivity index (χ1) is 13.4. The summed E-state index contributed by atoms with van der Waals surface area (Å²) >= 11 is 0. The van der Waals surface area contributed by atoms with Gasteiger partial charge in [0.1, 0.15) is 6.10 Å². The molecule has 2 amide bonds. The molecule has 5 atom stereocenters. The number of nitrogens with one attached hydrogen (secondary N) is 3. The molecular formula is C18H26F2N4O4. The number of rotatable bonds is 8. The highest BCUT2D eigenvalue weighted by Gasteiger charge is 2.43. The van der Waals surface area contributed by atoms with Gasteiger partial charge in [0, 0.05) is 37.3 Å². The number of nitrogens with zero attached hydrogens (tertiary/aromatic N) is 1. The van der Waals surface area contributed by atoms with Crippen LogP contribution < -0.4 is 10.6 Å². The first kappa shape index (κ1) is 20.5. The van der Waals surface area contributed by atoms with E-state index in [9.17, 15) is 18.4 Å². The summed E-state index contributed by atoms with van der Waals surface area (Å²) in [5.74, 6) is 0.757. The fraction of sp³-hybridized carbons (Fsp3) is 0.722. The molecule has 0 aliphatic heterocycles. The molecule has 0 spiro atoms. The largest absolute Gasteiger partial charge is 0.446 e. The van der Waals surface area contributed by atoms with Crippen LogP contribution in [-0.4, -0.2) is 54.5 Å². The standard InChI is InChI=1S/C18H26F2N4O4/c1-9(16(19)20)21-18(26)28-12-4-3-10(5-12)14-7-15(24-23-14)22-17(25)13-6-11(13)8-27-2/h7,9-13,16H,3-6,8H2,1-2H3,(H,21,26)(H2,22,23,24,25)/t9?,10-,11+,12+,13-/m0/s1. The monoisotopic (exact) mass is 400 g/mol. The normalized spacial score (nSPS) is 27.5. The van der Waals surface area contributed by atoms with Crippen LogP contribution in [0.4, 0.5) is 19.4 Å². The number of H-pyrrole nitrogens is 1. The Morgan fingerprint density at radius 2 is 2.14 bits per heavy atom. The third-order valence-corrected chi connectivity index (χ3v) is 5.31. The van der Waals surface area contributed by atoms with Gasteiger partial charge in [-0.05, 0) is 38.5 Å². The molecule has 2 aliphatic rings. The van der Waals surface area contributed by atoms with Crippen LogP contribution in [0.25, 0.3) is 0 Å². The molecule has 1 aromatic heterocycles. The smallest absolute Gasteiger partial charge is 0.407 e. The SMILES string of the molecule is COC[C@H]1C[C@@H]1C(=O)Nc1cc([C@H]2CC[C@@H](OC(=O)NC(C)C(F)F)C2)[nH]n1. The van der Waals surface area contributed by atoms with Crippen LogP contribution in [-0.2, 0) is 14.3 Å². The third-order valence-electron chi connectivity index (χ3n) is 5.31. The van der Waals surface area contributed by atoms with Crippen LogP contribution in [0.3, 0.4) is 0 Å². The molecular weight excluding hydrogens is 374 g/mol. The van der Waals surface area contributed by atoms with E-state index in [1.807, 2.05) is 0 Å². The zero-order valence-corrected chi connectivity index (χ0v) is 15.9. The Kier molecular flexibility index (Phi) is 6.48. The Hall–Kier alpha value is -2.23. The third kappa shape index (κ3) is 5.18.